The smallest absolute Gasteiger partial charge is 0.342 e. The van der Waals surface area contributed by atoms with E-state index < -0.39 is 23.9 Å². The fourth-order valence-electron chi connectivity index (χ4n) is 14.3. The average Bonchev–Trinajstić information content (AvgIpc) is 1.75. The molecular formula is C77H94N20O12. The van der Waals surface area contributed by atoms with Gasteiger partial charge in [0.15, 0.2) is 0 Å². The number of pyridine rings is 4. The number of ether oxygens (including phenoxy) is 4. The molecule has 4 saturated heterocycles. The van der Waals surface area contributed by atoms with Gasteiger partial charge in [0.1, 0.15) is 70.5 Å². The second-order valence-corrected chi connectivity index (χ2v) is 27.9. The number of nitrogens with zero attached hydrogens (tertiary/aromatic N) is 14. The Hall–Kier alpha value is -12.3. The van der Waals surface area contributed by atoms with Gasteiger partial charge in [-0.25, -0.2) is 39.1 Å². The van der Waals surface area contributed by atoms with Crippen LogP contribution in [0.3, 0.4) is 0 Å². The number of hydrogen-bond acceptors (Lipinski definition) is 24. The normalized spacial score (nSPS) is 19.5. The fourth-order valence-corrected chi connectivity index (χ4v) is 14.3. The van der Waals surface area contributed by atoms with Crippen LogP contribution in [0.25, 0.3) is 44.1 Å². The van der Waals surface area contributed by atoms with Crippen molar-refractivity contribution in [2.75, 3.05) is 108 Å². The van der Waals surface area contributed by atoms with Crippen molar-refractivity contribution in [2.45, 2.75) is 130 Å². The molecule has 32 heteroatoms. The Balaban J connectivity index is 0.000000168. The van der Waals surface area contributed by atoms with Crippen LogP contribution in [0, 0.1) is 69.0 Å². The number of carbonyl (C=O) groups is 8. The number of fused-ring (bicyclic) bond motifs is 4. The second-order valence-electron chi connectivity index (χ2n) is 27.9. The molecule has 4 aliphatic rings. The minimum atomic E-state index is -0.469. The number of H-pyrrole nitrogens is 4. The number of amides is 4. The predicted molar refractivity (Wildman–Crippen MR) is 405 cm³/mol. The highest BCUT2D eigenvalue weighted by Gasteiger charge is 2.38. The van der Waals surface area contributed by atoms with Gasteiger partial charge in [-0.2, -0.15) is 21.0 Å². The summed E-state index contributed by atoms with van der Waals surface area (Å²) in [6, 6.07) is 15.1. The van der Waals surface area contributed by atoms with Crippen LogP contribution in [0.2, 0.25) is 0 Å². The third-order valence-electron chi connectivity index (χ3n) is 20.6. The molecule has 0 aliphatic carbocycles. The fraction of sp³-hybridized carbons (Fsp3) is 0.481. The number of nitriles is 4. The summed E-state index contributed by atoms with van der Waals surface area (Å²) in [5, 5.41) is 45.4. The first kappa shape index (κ1) is 80.8. The highest BCUT2D eigenvalue weighted by molar-refractivity contribution is 6.07. The van der Waals surface area contributed by atoms with Crippen LogP contribution in [0.1, 0.15) is 141 Å². The third kappa shape index (κ3) is 18.9. The van der Waals surface area contributed by atoms with E-state index in [1.165, 1.54) is 39.0 Å². The molecule has 8 unspecified atom stereocenters. The summed E-state index contributed by atoms with van der Waals surface area (Å²) in [4.78, 5) is 139. The molecule has 0 bridgehead atoms. The molecule has 32 nitrogen and oxygen atoms in total. The van der Waals surface area contributed by atoms with Crippen LogP contribution in [0.15, 0.2) is 73.8 Å². The molecule has 4 aliphatic heterocycles. The van der Waals surface area contributed by atoms with Gasteiger partial charge in [-0.05, 0) is 94.4 Å². The number of esters is 4. The van der Waals surface area contributed by atoms with E-state index in [0.29, 0.717) is 132 Å². The second kappa shape index (κ2) is 37.3. The van der Waals surface area contributed by atoms with Crippen LogP contribution in [0.4, 0.5) is 22.7 Å². The molecule has 0 saturated carbocycles. The first-order valence-corrected chi connectivity index (χ1v) is 36.4. The molecule has 0 aromatic carbocycles. The lowest BCUT2D eigenvalue weighted by Crippen LogP contribution is -2.52. The summed E-state index contributed by atoms with van der Waals surface area (Å²) in [6.07, 6.45) is 15.8. The van der Waals surface area contributed by atoms with Crippen molar-refractivity contribution in [1.82, 2.24) is 59.5 Å². The standard InChI is InChI=1S/2C20H25N5O3.C19H23N5O3.C18H21N5O3/c1-12(2)28-20(27)15-10-23-19-14(5-8-22-19)18(15)24-16-11-25(9-6-13(16)3)17(26)4-7-21;1-4-28-20(27)15-11-23-19-14(6-9-22-19)18(15)24(3)16-12-25(10-7-13(16)2)17(26)5-8-21;1-12-6-9-24(16(25)4-7-20)11-15(12)23(2)17-13-5-8-21-18(13)22-10-14(17)19(26)27-3;1-11-5-8-23(15(24)3-6-19)10-14(11)22-16-12-4-7-20-17(12)21-9-13(16)18(25)26-2/h5,8,10,12-13,16H,4,6,9,11H2,1-3H3,(H2,22,23,24);6,9,11,13,16H,4-5,7,10,12H2,1-3H3,(H,22,23);5,8,10,12,15H,4,6,9,11H2,1-3H3,(H,21,22);4,7,9,11,14H,3,5,8,10H2,1-2H3,(H2,20,21,22). The predicted octanol–water partition coefficient (Wildman–Crippen LogP) is 8.87. The van der Waals surface area contributed by atoms with Gasteiger partial charge in [0.05, 0.1) is 74.0 Å². The highest BCUT2D eigenvalue weighted by atomic mass is 16.5. The van der Waals surface area contributed by atoms with Gasteiger partial charge < -0.3 is 78.9 Å². The Kier molecular flexibility index (Phi) is 27.6. The molecule has 0 radical (unpaired) electrons. The molecule has 8 aromatic heterocycles. The molecule has 4 fully saturated rings. The van der Waals surface area contributed by atoms with E-state index in [1.54, 1.807) is 65.2 Å². The number of nitrogens with one attached hydrogen (secondary N) is 6. The number of aromatic amines is 4. The number of carbonyl (C=O) groups excluding carboxylic acids is 8. The number of aromatic nitrogens is 8. The largest absolute Gasteiger partial charge is 0.465 e. The number of rotatable bonds is 18. The Labute approximate surface area is 631 Å². The summed E-state index contributed by atoms with van der Waals surface area (Å²) in [7, 11) is 6.54. The molecule has 12 heterocycles. The molecule has 109 heavy (non-hydrogen) atoms. The molecule has 8 atom stereocenters. The highest BCUT2D eigenvalue weighted by Crippen LogP contribution is 2.38. The van der Waals surface area contributed by atoms with Gasteiger partial charge in [-0.3, -0.25) is 19.2 Å². The Morgan fingerprint density at radius 2 is 0.789 bits per heavy atom. The number of anilines is 4. The molecular weight excluding hydrogens is 1400 g/mol. The lowest BCUT2D eigenvalue weighted by Gasteiger charge is -2.43. The van der Waals surface area contributed by atoms with Crippen LogP contribution in [-0.4, -0.2) is 225 Å². The van der Waals surface area contributed by atoms with Gasteiger partial charge >= 0.3 is 23.9 Å². The average molecular weight is 1490 g/mol. The minimum absolute atomic E-state index is 0.00469. The van der Waals surface area contributed by atoms with Crippen LogP contribution >= 0.6 is 0 Å². The van der Waals surface area contributed by atoms with Crippen molar-refractivity contribution in [3.05, 3.63) is 96.1 Å². The van der Waals surface area contributed by atoms with E-state index in [0.717, 1.165) is 58.6 Å². The quantitative estimate of drug-likeness (QED) is 0.0345. The topological polar surface area (TPSA) is 427 Å². The van der Waals surface area contributed by atoms with Gasteiger partial charge in [0.25, 0.3) is 0 Å². The summed E-state index contributed by atoms with van der Waals surface area (Å²) >= 11 is 0. The van der Waals surface area contributed by atoms with Gasteiger partial charge in [0, 0.05) is 162 Å². The van der Waals surface area contributed by atoms with Crippen LogP contribution < -0.4 is 20.4 Å². The zero-order valence-corrected chi connectivity index (χ0v) is 63.3. The van der Waals surface area contributed by atoms with Crippen molar-refractivity contribution >= 4 is 114 Å². The summed E-state index contributed by atoms with van der Waals surface area (Å²) in [6.45, 7) is 18.7. The molecule has 6 N–H and O–H groups in total. The molecule has 8 aromatic rings. The molecule has 574 valence electrons. The van der Waals surface area contributed by atoms with Crippen molar-refractivity contribution in [3.63, 3.8) is 0 Å². The monoisotopic (exact) mass is 1490 g/mol. The minimum Gasteiger partial charge on any atom is -0.465 e. The van der Waals surface area contributed by atoms with E-state index in [9.17, 15) is 38.4 Å². The third-order valence-corrected chi connectivity index (χ3v) is 20.6. The van der Waals surface area contributed by atoms with Crippen molar-refractivity contribution in [1.29, 1.82) is 21.0 Å². The zero-order chi connectivity index (χ0) is 78.8. The Morgan fingerprint density at radius 1 is 0.477 bits per heavy atom. The van der Waals surface area contributed by atoms with Crippen LogP contribution in [-0.2, 0) is 38.1 Å². The molecule has 4 amide bonds. The first-order valence-electron chi connectivity index (χ1n) is 36.4. The maximum absolute atomic E-state index is 12.6. The van der Waals surface area contributed by atoms with E-state index in [1.807, 2.05) is 67.5 Å². The Bertz CT molecular complexity index is 4780. The van der Waals surface area contributed by atoms with Crippen molar-refractivity contribution in [2.24, 2.45) is 23.7 Å². The first-order chi connectivity index (χ1) is 52.4. The lowest BCUT2D eigenvalue weighted by atomic mass is 9.91. The van der Waals surface area contributed by atoms with Crippen molar-refractivity contribution < 1.29 is 57.3 Å². The van der Waals surface area contributed by atoms with Gasteiger partial charge in [0.2, 0.25) is 23.6 Å². The SMILES string of the molecule is CC(C)OC(=O)c1cnc2[nH]ccc2c1NC1CN(C(=O)CC#N)CCC1C.CCOC(=O)c1cnc2[nH]ccc2c1N(C)C1CN(C(=O)CC#N)CCC1C.COC(=O)c1cnc2[nH]ccc2c1N(C)C1CN(C(=O)CC#N)CCC1C.COC(=O)c1cnc2[nH]ccc2c1NC1CN(C(=O)CC#N)CCC1C. The van der Waals surface area contributed by atoms with Crippen LogP contribution in [0.5, 0.6) is 0 Å². The maximum atomic E-state index is 12.6. The van der Waals surface area contributed by atoms with E-state index in [4.69, 9.17) is 40.0 Å². The number of likely N-dealkylation sites (N-methyl/N-ethyl adjacent to an activating group) is 2. The summed E-state index contributed by atoms with van der Waals surface area (Å²) in [5.41, 5.74) is 7.02. The van der Waals surface area contributed by atoms with E-state index in [-0.39, 0.29) is 86.2 Å². The number of methoxy groups -OCH3 is 2. The number of hydrogen-bond donors (Lipinski definition) is 6. The summed E-state index contributed by atoms with van der Waals surface area (Å²) < 4.78 is 20.4. The maximum Gasteiger partial charge on any atom is 0.342 e. The van der Waals surface area contributed by atoms with E-state index >= 15 is 0 Å². The zero-order valence-electron chi connectivity index (χ0n) is 63.3. The Morgan fingerprint density at radius 3 is 1.14 bits per heavy atom. The molecule has 0 spiro atoms. The number of piperidine rings is 4. The van der Waals surface area contributed by atoms with E-state index in [2.05, 4.69) is 83.1 Å². The van der Waals surface area contributed by atoms with Gasteiger partial charge in [-0.15, -0.1) is 0 Å². The summed E-state index contributed by atoms with van der Waals surface area (Å²) in [5.74, 6) is -1.19. The van der Waals surface area contributed by atoms with Gasteiger partial charge in [-0.1, -0.05) is 27.7 Å². The number of likely N-dealkylation sites (tertiary alicyclic amines) is 4. The van der Waals surface area contributed by atoms with Crippen molar-refractivity contribution in [3.8, 4) is 24.3 Å². The lowest BCUT2D eigenvalue weighted by molar-refractivity contribution is -0.132. The molecule has 12 rings (SSSR count).